The van der Waals surface area contributed by atoms with Crippen molar-refractivity contribution >= 4 is 23.6 Å². The Balaban J connectivity index is 1.61. The Labute approximate surface area is 158 Å². The van der Waals surface area contributed by atoms with Crippen LogP contribution in [-0.4, -0.2) is 67.1 Å². The van der Waals surface area contributed by atoms with Gasteiger partial charge in [0, 0.05) is 31.7 Å². The molecule has 0 atom stereocenters. The molecule has 1 saturated heterocycles. The van der Waals surface area contributed by atoms with Crippen molar-refractivity contribution in [3.8, 4) is 5.75 Å². The summed E-state index contributed by atoms with van der Waals surface area (Å²) in [5, 5.41) is 2.71. The summed E-state index contributed by atoms with van der Waals surface area (Å²) in [4.78, 5) is 39.7. The Kier molecular flexibility index (Phi) is 5.83. The third-order valence-electron chi connectivity index (χ3n) is 4.44. The first-order valence-electron chi connectivity index (χ1n) is 9.21. The highest BCUT2D eigenvalue weighted by Crippen LogP contribution is 2.29. The highest BCUT2D eigenvalue weighted by atomic mass is 16.6. The average Bonchev–Trinajstić information content (AvgIpc) is 2.91. The lowest BCUT2D eigenvalue weighted by molar-refractivity contribution is -0.118. The number of amides is 3. The topological polar surface area (TPSA) is 88.2 Å². The van der Waals surface area contributed by atoms with Crippen molar-refractivity contribution in [3.63, 3.8) is 0 Å². The van der Waals surface area contributed by atoms with Crippen LogP contribution in [0.1, 0.15) is 30.6 Å². The first kappa shape index (κ1) is 19.0. The van der Waals surface area contributed by atoms with E-state index in [1.165, 1.54) is 0 Å². The van der Waals surface area contributed by atoms with E-state index >= 15 is 0 Å². The lowest BCUT2D eigenvalue weighted by Crippen LogP contribution is -2.38. The number of carbonyl (C=O) groups is 3. The summed E-state index contributed by atoms with van der Waals surface area (Å²) < 4.78 is 10.7. The Morgan fingerprint density at radius 1 is 1.19 bits per heavy atom. The van der Waals surface area contributed by atoms with E-state index in [2.05, 4.69) is 5.32 Å². The van der Waals surface area contributed by atoms with Crippen LogP contribution in [0, 0.1) is 5.92 Å². The van der Waals surface area contributed by atoms with E-state index in [0.29, 0.717) is 56.2 Å². The molecule has 0 unspecified atom stereocenters. The molecule has 1 aromatic rings. The second-order valence-electron chi connectivity index (χ2n) is 7.15. The van der Waals surface area contributed by atoms with Crippen LogP contribution < -0.4 is 10.1 Å². The minimum atomic E-state index is -0.323. The second kappa shape index (κ2) is 8.28. The maximum atomic E-state index is 12.8. The minimum Gasteiger partial charge on any atom is -0.482 e. The number of ether oxygens (including phenoxy) is 2. The Bertz CT molecular complexity index is 734. The third-order valence-corrected chi connectivity index (χ3v) is 4.44. The van der Waals surface area contributed by atoms with Gasteiger partial charge in [0.1, 0.15) is 5.75 Å². The number of hydrogen-bond acceptors (Lipinski definition) is 5. The van der Waals surface area contributed by atoms with Crippen molar-refractivity contribution in [2.24, 2.45) is 5.92 Å². The van der Waals surface area contributed by atoms with E-state index < -0.39 is 0 Å². The first-order valence-corrected chi connectivity index (χ1v) is 9.21. The maximum Gasteiger partial charge on any atom is 0.409 e. The molecule has 0 saturated carbocycles. The van der Waals surface area contributed by atoms with Gasteiger partial charge in [-0.3, -0.25) is 9.59 Å². The number of nitrogens with one attached hydrogen (secondary N) is 1. The summed E-state index contributed by atoms with van der Waals surface area (Å²) in [5.74, 6) is 0.457. The molecule has 1 N–H and O–H groups in total. The van der Waals surface area contributed by atoms with E-state index in [1.54, 1.807) is 28.0 Å². The van der Waals surface area contributed by atoms with Gasteiger partial charge in [0.2, 0.25) is 0 Å². The van der Waals surface area contributed by atoms with Gasteiger partial charge in [-0.05, 0) is 30.5 Å². The molecule has 8 nitrogen and oxygen atoms in total. The van der Waals surface area contributed by atoms with E-state index in [1.807, 2.05) is 13.8 Å². The molecule has 3 amide bonds. The van der Waals surface area contributed by atoms with Gasteiger partial charge < -0.3 is 24.6 Å². The molecule has 2 aliphatic rings. The molecular formula is C19H25N3O5. The maximum absolute atomic E-state index is 12.8. The lowest BCUT2D eigenvalue weighted by atomic mass is 10.1. The number of rotatable bonds is 3. The monoisotopic (exact) mass is 375 g/mol. The van der Waals surface area contributed by atoms with Crippen molar-refractivity contribution in [2.75, 3.05) is 44.7 Å². The van der Waals surface area contributed by atoms with Crippen molar-refractivity contribution in [2.45, 2.75) is 20.3 Å². The van der Waals surface area contributed by atoms with Gasteiger partial charge in [-0.15, -0.1) is 0 Å². The van der Waals surface area contributed by atoms with Crippen LogP contribution in [0.2, 0.25) is 0 Å². The number of fused-ring (bicyclic) bond motifs is 1. The van der Waals surface area contributed by atoms with Crippen molar-refractivity contribution in [3.05, 3.63) is 23.8 Å². The van der Waals surface area contributed by atoms with E-state index in [0.717, 1.165) is 0 Å². The van der Waals surface area contributed by atoms with Crippen LogP contribution in [0.15, 0.2) is 18.2 Å². The SMILES string of the molecule is CC(C)COC(=O)N1CCCN(C(=O)c2ccc3c(c2)OCC(=O)N3)CC1. The summed E-state index contributed by atoms with van der Waals surface area (Å²) in [5.41, 5.74) is 1.07. The smallest absolute Gasteiger partial charge is 0.409 e. The molecule has 3 rings (SSSR count). The summed E-state index contributed by atoms with van der Waals surface area (Å²) in [6.07, 6.45) is 0.371. The normalized spacial score (nSPS) is 16.9. The fourth-order valence-electron chi connectivity index (χ4n) is 3.02. The van der Waals surface area contributed by atoms with Crippen LogP contribution in [0.5, 0.6) is 5.75 Å². The fraction of sp³-hybridized carbons (Fsp3) is 0.526. The van der Waals surface area contributed by atoms with Gasteiger partial charge >= 0.3 is 6.09 Å². The summed E-state index contributed by atoms with van der Waals surface area (Å²) in [7, 11) is 0. The number of carbonyl (C=O) groups excluding carboxylic acids is 3. The quantitative estimate of drug-likeness (QED) is 0.872. The molecule has 0 spiro atoms. The van der Waals surface area contributed by atoms with Gasteiger partial charge in [-0.2, -0.15) is 0 Å². The fourth-order valence-corrected chi connectivity index (χ4v) is 3.02. The first-order chi connectivity index (χ1) is 12.9. The van der Waals surface area contributed by atoms with Gasteiger partial charge in [-0.25, -0.2) is 4.79 Å². The van der Waals surface area contributed by atoms with Crippen LogP contribution in [0.4, 0.5) is 10.5 Å². The largest absolute Gasteiger partial charge is 0.482 e. The zero-order valence-electron chi connectivity index (χ0n) is 15.7. The van der Waals surface area contributed by atoms with Gasteiger partial charge in [0.05, 0.1) is 12.3 Å². The Morgan fingerprint density at radius 3 is 2.70 bits per heavy atom. The van der Waals surface area contributed by atoms with E-state index in [9.17, 15) is 14.4 Å². The minimum absolute atomic E-state index is 0.0538. The highest BCUT2D eigenvalue weighted by Gasteiger charge is 2.25. The van der Waals surface area contributed by atoms with Crippen LogP contribution >= 0.6 is 0 Å². The van der Waals surface area contributed by atoms with Crippen molar-refractivity contribution in [1.82, 2.24) is 9.80 Å². The summed E-state index contributed by atoms with van der Waals surface area (Å²) in [6, 6.07) is 5.00. The van der Waals surface area contributed by atoms with Crippen molar-refractivity contribution in [1.29, 1.82) is 0 Å². The number of benzene rings is 1. The van der Waals surface area contributed by atoms with Gasteiger partial charge in [0.25, 0.3) is 11.8 Å². The van der Waals surface area contributed by atoms with Gasteiger partial charge in [0.15, 0.2) is 6.61 Å². The van der Waals surface area contributed by atoms with Gasteiger partial charge in [-0.1, -0.05) is 13.8 Å². The summed E-state index contributed by atoms with van der Waals surface area (Å²) in [6.45, 7) is 6.35. The molecule has 27 heavy (non-hydrogen) atoms. The predicted molar refractivity (Wildman–Crippen MR) is 98.8 cm³/mol. The second-order valence-corrected chi connectivity index (χ2v) is 7.15. The molecule has 2 heterocycles. The van der Waals surface area contributed by atoms with Crippen molar-refractivity contribution < 1.29 is 23.9 Å². The Morgan fingerprint density at radius 2 is 1.93 bits per heavy atom. The number of nitrogens with zero attached hydrogens (tertiary/aromatic N) is 2. The number of hydrogen-bond donors (Lipinski definition) is 1. The lowest BCUT2D eigenvalue weighted by Gasteiger charge is -2.23. The molecule has 0 bridgehead atoms. The van der Waals surface area contributed by atoms with Crippen LogP contribution in [-0.2, 0) is 9.53 Å². The molecule has 0 radical (unpaired) electrons. The molecule has 0 aromatic heterocycles. The number of anilines is 1. The average molecular weight is 375 g/mol. The molecule has 1 aromatic carbocycles. The van der Waals surface area contributed by atoms with Crippen LogP contribution in [0.25, 0.3) is 0 Å². The standard InChI is InChI=1S/C19H25N3O5/c1-13(2)11-27-19(25)22-7-3-6-21(8-9-22)18(24)14-4-5-15-16(10-14)26-12-17(23)20-15/h4-5,10,13H,3,6-9,11-12H2,1-2H3,(H,20,23). The molecule has 1 fully saturated rings. The van der Waals surface area contributed by atoms with Crippen LogP contribution in [0.3, 0.4) is 0 Å². The molecule has 8 heteroatoms. The zero-order valence-corrected chi connectivity index (χ0v) is 15.7. The molecular weight excluding hydrogens is 350 g/mol. The highest BCUT2D eigenvalue weighted by molar-refractivity contribution is 5.99. The third kappa shape index (κ3) is 4.69. The zero-order chi connectivity index (χ0) is 19.4. The Hall–Kier alpha value is -2.77. The molecule has 2 aliphatic heterocycles. The molecule has 0 aliphatic carbocycles. The van der Waals surface area contributed by atoms with E-state index in [4.69, 9.17) is 9.47 Å². The van der Waals surface area contributed by atoms with E-state index in [-0.39, 0.29) is 30.4 Å². The summed E-state index contributed by atoms with van der Waals surface area (Å²) >= 11 is 0. The predicted octanol–water partition coefficient (Wildman–Crippen LogP) is 1.96. The molecule has 146 valence electrons.